The van der Waals surface area contributed by atoms with E-state index in [0.29, 0.717) is 0 Å². The molecule has 0 atom stereocenters. The van der Waals surface area contributed by atoms with E-state index in [2.05, 4.69) is 33.0 Å². The molecule has 0 saturated heterocycles. The van der Waals surface area contributed by atoms with Crippen LogP contribution in [0, 0.1) is 0 Å². The average Bonchev–Trinajstić information content (AvgIpc) is 2.52. The fourth-order valence-corrected chi connectivity index (χ4v) is 1.84. The number of halogens is 1. The van der Waals surface area contributed by atoms with E-state index < -0.39 is 0 Å². The standard InChI is InChI=1S/C11H11BrN2/c1-14-6-5-13-11(14)8-9-3-2-4-10(12)7-9/h2-7H,8H2,1H3. The van der Waals surface area contributed by atoms with Crippen LogP contribution in [0.1, 0.15) is 11.4 Å². The molecule has 1 aromatic carbocycles. The molecule has 0 radical (unpaired) electrons. The highest BCUT2D eigenvalue weighted by molar-refractivity contribution is 9.10. The molecular weight excluding hydrogens is 240 g/mol. The fraction of sp³-hybridized carbons (Fsp3) is 0.182. The van der Waals surface area contributed by atoms with Crippen LogP contribution >= 0.6 is 15.9 Å². The Hall–Kier alpha value is -1.09. The Morgan fingerprint density at radius 3 is 2.93 bits per heavy atom. The van der Waals surface area contributed by atoms with Crippen molar-refractivity contribution in [1.29, 1.82) is 0 Å². The zero-order valence-corrected chi connectivity index (χ0v) is 9.53. The molecule has 0 bridgehead atoms. The van der Waals surface area contributed by atoms with E-state index >= 15 is 0 Å². The summed E-state index contributed by atoms with van der Waals surface area (Å²) in [5.41, 5.74) is 1.27. The molecule has 2 aromatic rings. The van der Waals surface area contributed by atoms with Gasteiger partial charge in [0.15, 0.2) is 0 Å². The predicted octanol–water partition coefficient (Wildman–Crippen LogP) is 2.77. The summed E-state index contributed by atoms with van der Waals surface area (Å²) in [6.07, 6.45) is 4.67. The van der Waals surface area contributed by atoms with Crippen molar-refractivity contribution in [2.45, 2.75) is 6.42 Å². The number of hydrogen-bond acceptors (Lipinski definition) is 1. The van der Waals surface area contributed by atoms with Crippen molar-refractivity contribution >= 4 is 15.9 Å². The zero-order valence-electron chi connectivity index (χ0n) is 7.94. The van der Waals surface area contributed by atoms with Gasteiger partial charge in [0.2, 0.25) is 0 Å². The highest BCUT2D eigenvalue weighted by Crippen LogP contribution is 2.14. The lowest BCUT2D eigenvalue weighted by molar-refractivity contribution is 0.821. The van der Waals surface area contributed by atoms with Crippen molar-refractivity contribution < 1.29 is 0 Å². The molecule has 0 aliphatic carbocycles. The third-order valence-electron chi connectivity index (χ3n) is 2.17. The van der Waals surface area contributed by atoms with Crippen LogP contribution in [0.3, 0.4) is 0 Å². The van der Waals surface area contributed by atoms with Crippen LogP contribution in [0.25, 0.3) is 0 Å². The Labute approximate surface area is 91.7 Å². The fourth-order valence-electron chi connectivity index (χ4n) is 1.40. The number of nitrogens with zero attached hydrogens (tertiary/aromatic N) is 2. The summed E-state index contributed by atoms with van der Waals surface area (Å²) in [4.78, 5) is 4.29. The molecule has 0 amide bonds. The van der Waals surface area contributed by atoms with E-state index in [1.165, 1.54) is 5.56 Å². The molecule has 0 N–H and O–H groups in total. The van der Waals surface area contributed by atoms with Crippen LogP contribution in [0.4, 0.5) is 0 Å². The molecule has 2 nitrogen and oxygen atoms in total. The van der Waals surface area contributed by atoms with E-state index in [0.717, 1.165) is 16.7 Å². The topological polar surface area (TPSA) is 17.8 Å². The van der Waals surface area contributed by atoms with Crippen molar-refractivity contribution in [3.63, 3.8) is 0 Å². The smallest absolute Gasteiger partial charge is 0.112 e. The highest BCUT2D eigenvalue weighted by Gasteiger charge is 2.00. The number of aryl methyl sites for hydroxylation is 1. The number of hydrogen-bond donors (Lipinski definition) is 0. The molecule has 3 heteroatoms. The van der Waals surface area contributed by atoms with Gasteiger partial charge in [0.1, 0.15) is 5.82 Å². The van der Waals surface area contributed by atoms with Gasteiger partial charge in [0.05, 0.1) is 0 Å². The number of benzene rings is 1. The van der Waals surface area contributed by atoms with Gasteiger partial charge in [0.25, 0.3) is 0 Å². The third kappa shape index (κ3) is 2.04. The van der Waals surface area contributed by atoms with E-state index in [9.17, 15) is 0 Å². The van der Waals surface area contributed by atoms with Crippen molar-refractivity contribution in [3.8, 4) is 0 Å². The van der Waals surface area contributed by atoms with Gasteiger partial charge in [-0.15, -0.1) is 0 Å². The van der Waals surface area contributed by atoms with Gasteiger partial charge in [-0.2, -0.15) is 0 Å². The maximum Gasteiger partial charge on any atom is 0.112 e. The largest absolute Gasteiger partial charge is 0.338 e. The summed E-state index contributed by atoms with van der Waals surface area (Å²) < 4.78 is 3.16. The Kier molecular flexibility index (Phi) is 2.68. The van der Waals surface area contributed by atoms with E-state index in [4.69, 9.17) is 0 Å². The number of aromatic nitrogens is 2. The lowest BCUT2D eigenvalue weighted by Gasteiger charge is -2.02. The van der Waals surface area contributed by atoms with Crippen molar-refractivity contribution in [2.24, 2.45) is 7.05 Å². The van der Waals surface area contributed by atoms with Gasteiger partial charge < -0.3 is 4.57 Å². The minimum absolute atomic E-state index is 0.878. The quantitative estimate of drug-likeness (QED) is 0.802. The Balaban J connectivity index is 2.23. The highest BCUT2D eigenvalue weighted by atomic mass is 79.9. The molecule has 0 spiro atoms. The van der Waals surface area contributed by atoms with Crippen LogP contribution in [0.5, 0.6) is 0 Å². The first kappa shape index (κ1) is 9.46. The predicted molar refractivity (Wildman–Crippen MR) is 60.2 cm³/mol. The Bertz CT molecular complexity index is 434. The normalized spacial score (nSPS) is 10.4. The van der Waals surface area contributed by atoms with E-state index in [1.54, 1.807) is 0 Å². The second-order valence-electron chi connectivity index (χ2n) is 3.26. The van der Waals surface area contributed by atoms with Gasteiger partial charge in [0, 0.05) is 30.3 Å². The molecule has 0 fully saturated rings. The van der Waals surface area contributed by atoms with Crippen LogP contribution in [-0.4, -0.2) is 9.55 Å². The zero-order chi connectivity index (χ0) is 9.97. The van der Waals surface area contributed by atoms with Gasteiger partial charge in [-0.05, 0) is 17.7 Å². The summed E-state index contributed by atoms with van der Waals surface area (Å²) in [5.74, 6) is 1.09. The lowest BCUT2D eigenvalue weighted by Crippen LogP contribution is -1.98. The Morgan fingerprint density at radius 2 is 2.29 bits per heavy atom. The average molecular weight is 251 g/mol. The first-order chi connectivity index (χ1) is 6.75. The Morgan fingerprint density at radius 1 is 1.43 bits per heavy atom. The van der Waals surface area contributed by atoms with Crippen molar-refractivity contribution in [3.05, 3.63) is 52.5 Å². The molecule has 0 aliphatic heterocycles. The second kappa shape index (κ2) is 3.96. The summed E-state index contributed by atoms with van der Waals surface area (Å²) in [6.45, 7) is 0. The van der Waals surface area contributed by atoms with Crippen LogP contribution < -0.4 is 0 Å². The third-order valence-corrected chi connectivity index (χ3v) is 2.67. The van der Waals surface area contributed by atoms with Gasteiger partial charge in [-0.25, -0.2) is 4.98 Å². The molecule has 14 heavy (non-hydrogen) atoms. The van der Waals surface area contributed by atoms with E-state index in [-0.39, 0.29) is 0 Å². The summed E-state index contributed by atoms with van der Waals surface area (Å²) in [5, 5.41) is 0. The molecule has 0 aliphatic rings. The van der Waals surface area contributed by atoms with Gasteiger partial charge in [-0.1, -0.05) is 28.1 Å². The number of imidazole rings is 1. The minimum Gasteiger partial charge on any atom is -0.338 e. The monoisotopic (exact) mass is 250 g/mol. The van der Waals surface area contributed by atoms with Gasteiger partial charge in [-0.3, -0.25) is 0 Å². The van der Waals surface area contributed by atoms with E-state index in [1.807, 2.05) is 36.1 Å². The molecule has 0 unspecified atom stereocenters. The molecular formula is C11H11BrN2. The SMILES string of the molecule is Cn1ccnc1Cc1cccc(Br)c1. The number of rotatable bonds is 2. The summed E-state index contributed by atoms with van der Waals surface area (Å²) in [6, 6.07) is 8.30. The molecule has 1 aromatic heterocycles. The maximum absolute atomic E-state index is 4.29. The lowest BCUT2D eigenvalue weighted by atomic mass is 10.1. The first-order valence-electron chi connectivity index (χ1n) is 4.46. The minimum atomic E-state index is 0.878. The van der Waals surface area contributed by atoms with Gasteiger partial charge >= 0.3 is 0 Å². The second-order valence-corrected chi connectivity index (χ2v) is 4.18. The molecule has 72 valence electrons. The van der Waals surface area contributed by atoms with Crippen molar-refractivity contribution in [2.75, 3.05) is 0 Å². The molecule has 2 rings (SSSR count). The maximum atomic E-state index is 4.29. The first-order valence-corrected chi connectivity index (χ1v) is 5.25. The molecule has 0 saturated carbocycles. The summed E-state index contributed by atoms with van der Waals surface area (Å²) in [7, 11) is 2.01. The van der Waals surface area contributed by atoms with Crippen LogP contribution in [0.2, 0.25) is 0 Å². The molecule has 1 heterocycles. The van der Waals surface area contributed by atoms with Crippen LogP contribution in [-0.2, 0) is 13.5 Å². The van der Waals surface area contributed by atoms with Crippen molar-refractivity contribution in [1.82, 2.24) is 9.55 Å². The summed E-state index contributed by atoms with van der Waals surface area (Å²) >= 11 is 3.46. The van der Waals surface area contributed by atoms with Crippen LogP contribution in [0.15, 0.2) is 41.1 Å².